The highest BCUT2D eigenvalue weighted by Gasteiger charge is 2.60. The largest absolute Gasteiger partial charge is 0.351 e. The van der Waals surface area contributed by atoms with Gasteiger partial charge in [0.25, 0.3) is 0 Å². The summed E-state index contributed by atoms with van der Waals surface area (Å²) in [5, 5.41) is 3.13. The number of hydrogen-bond donors (Lipinski definition) is 1. The predicted octanol–water partition coefficient (Wildman–Crippen LogP) is 4.86. The second kappa shape index (κ2) is 5.72. The summed E-state index contributed by atoms with van der Waals surface area (Å²) >= 11 is 3.36. The van der Waals surface area contributed by atoms with Gasteiger partial charge in [-0.15, -0.1) is 0 Å². The third-order valence-corrected chi connectivity index (χ3v) is 6.93. The molecule has 0 heterocycles. The first kappa shape index (κ1) is 16.4. The Labute approximate surface area is 153 Å². The van der Waals surface area contributed by atoms with Crippen LogP contribution in [0.5, 0.6) is 0 Å². The zero-order valence-corrected chi connectivity index (χ0v) is 16.0. The molecule has 24 heavy (non-hydrogen) atoms. The first-order valence-electron chi connectivity index (χ1n) is 9.10. The molecule has 1 aromatic carbocycles. The lowest BCUT2D eigenvalue weighted by atomic mass is 9.42. The van der Waals surface area contributed by atoms with E-state index in [0.717, 1.165) is 23.7 Å². The van der Waals surface area contributed by atoms with Crippen molar-refractivity contribution in [3.05, 3.63) is 46.5 Å². The van der Waals surface area contributed by atoms with Crippen molar-refractivity contribution in [3.8, 4) is 0 Å². The minimum absolute atomic E-state index is 0.155. The molecule has 0 spiro atoms. The summed E-state index contributed by atoms with van der Waals surface area (Å²) in [5.41, 5.74) is 2.84. The number of amides is 1. The summed E-state index contributed by atoms with van der Waals surface area (Å²) in [7, 11) is 0. The van der Waals surface area contributed by atoms with Crippen molar-refractivity contribution < 1.29 is 4.79 Å². The maximum absolute atomic E-state index is 13.1. The number of halogens is 1. The lowest BCUT2D eigenvalue weighted by Gasteiger charge is -2.61. The van der Waals surface area contributed by atoms with Crippen LogP contribution in [0, 0.1) is 24.2 Å². The zero-order chi connectivity index (χ0) is 16.9. The van der Waals surface area contributed by atoms with Crippen LogP contribution in [0.2, 0.25) is 0 Å². The summed E-state index contributed by atoms with van der Waals surface area (Å²) in [6.07, 6.45) is 7.05. The average molecular weight is 388 g/mol. The number of rotatable bonds is 4. The van der Waals surface area contributed by atoms with Crippen molar-refractivity contribution in [2.75, 3.05) is 6.54 Å². The predicted molar refractivity (Wildman–Crippen MR) is 101 cm³/mol. The molecule has 0 radical (unpaired) electrons. The average Bonchev–Trinajstić information content (AvgIpc) is 2.51. The van der Waals surface area contributed by atoms with Crippen molar-refractivity contribution in [3.63, 3.8) is 0 Å². The van der Waals surface area contributed by atoms with Gasteiger partial charge in [0, 0.05) is 11.0 Å². The molecule has 1 N–H and O–H groups in total. The summed E-state index contributed by atoms with van der Waals surface area (Å²) in [6.45, 7) is 6.52. The van der Waals surface area contributed by atoms with Crippen LogP contribution in [-0.2, 0) is 10.2 Å². The maximum atomic E-state index is 13.1. The zero-order valence-electron chi connectivity index (χ0n) is 14.4. The Kier molecular flexibility index (Phi) is 3.91. The highest BCUT2D eigenvalue weighted by Crippen LogP contribution is 2.65. The molecule has 128 valence electrons. The Balaban J connectivity index is 1.65. The molecule has 4 aliphatic rings. The molecular formula is C21H26BrNO. The van der Waals surface area contributed by atoms with Gasteiger partial charge >= 0.3 is 0 Å². The fourth-order valence-electron chi connectivity index (χ4n) is 6.14. The Morgan fingerprint density at radius 1 is 1.21 bits per heavy atom. The van der Waals surface area contributed by atoms with E-state index >= 15 is 0 Å². The first-order valence-corrected chi connectivity index (χ1v) is 9.89. The van der Waals surface area contributed by atoms with E-state index in [9.17, 15) is 4.79 Å². The van der Waals surface area contributed by atoms with Gasteiger partial charge in [0.15, 0.2) is 0 Å². The number of hydrogen-bond acceptors (Lipinski definition) is 1. The Morgan fingerprint density at radius 3 is 2.42 bits per heavy atom. The molecule has 0 saturated heterocycles. The van der Waals surface area contributed by atoms with E-state index in [4.69, 9.17) is 0 Å². The molecule has 4 saturated carbocycles. The monoisotopic (exact) mass is 387 g/mol. The smallest absolute Gasteiger partial charge is 0.226 e. The molecule has 4 fully saturated rings. The molecule has 2 unspecified atom stereocenters. The summed E-state index contributed by atoms with van der Waals surface area (Å²) in [6, 6.07) is 9.09. The van der Waals surface area contributed by atoms with Gasteiger partial charge in [0.2, 0.25) is 5.91 Å². The van der Waals surface area contributed by atoms with Crippen LogP contribution in [0.1, 0.15) is 49.7 Å². The van der Waals surface area contributed by atoms with Gasteiger partial charge in [0.05, 0.1) is 5.41 Å². The van der Waals surface area contributed by atoms with E-state index in [2.05, 4.69) is 59.0 Å². The quantitative estimate of drug-likeness (QED) is 0.784. The first-order chi connectivity index (χ1) is 11.4. The van der Waals surface area contributed by atoms with Gasteiger partial charge in [-0.1, -0.05) is 52.3 Å². The van der Waals surface area contributed by atoms with E-state index in [1.54, 1.807) is 0 Å². The normalized spacial score (nSPS) is 36.6. The van der Waals surface area contributed by atoms with Crippen LogP contribution in [0.3, 0.4) is 0 Å². The van der Waals surface area contributed by atoms with Crippen LogP contribution in [0.25, 0.3) is 0 Å². The highest BCUT2D eigenvalue weighted by atomic mass is 79.9. The van der Waals surface area contributed by atoms with Gasteiger partial charge in [-0.2, -0.15) is 0 Å². The number of benzene rings is 1. The number of carbonyl (C=O) groups is 1. The van der Waals surface area contributed by atoms with Crippen LogP contribution < -0.4 is 5.32 Å². The summed E-state index contributed by atoms with van der Waals surface area (Å²) < 4.78 is 0.842. The Hall–Kier alpha value is -1.09. The van der Waals surface area contributed by atoms with Crippen LogP contribution in [-0.4, -0.2) is 12.5 Å². The minimum Gasteiger partial charge on any atom is -0.351 e. The standard InChI is InChI=1S/C21H26BrNO/c1-14-3-5-18(6-4-14)20-8-16-7-17(9-20)11-21(10-16,13-20)19(24)23-12-15(2)22/h3-6,16-17H,2,7-13H2,1H3,(H,23,24). The van der Waals surface area contributed by atoms with Gasteiger partial charge in [-0.25, -0.2) is 0 Å². The molecule has 1 amide bonds. The molecule has 5 rings (SSSR count). The SMILES string of the molecule is C=C(Br)CNC(=O)C12CC3CC(C1)CC(c1ccc(C)cc1)(C3)C2. The van der Waals surface area contributed by atoms with Gasteiger partial charge < -0.3 is 5.32 Å². The molecule has 0 aliphatic heterocycles. The molecule has 2 nitrogen and oxygen atoms in total. The molecule has 2 atom stereocenters. The molecule has 0 aromatic heterocycles. The van der Waals surface area contributed by atoms with E-state index < -0.39 is 0 Å². The van der Waals surface area contributed by atoms with E-state index in [1.165, 1.54) is 30.4 Å². The number of nitrogens with one attached hydrogen (secondary N) is 1. The van der Waals surface area contributed by atoms with E-state index in [1.807, 2.05) is 0 Å². The van der Waals surface area contributed by atoms with Crippen molar-refractivity contribution in [2.24, 2.45) is 17.3 Å². The van der Waals surface area contributed by atoms with Crippen LogP contribution in [0.15, 0.2) is 35.3 Å². The second-order valence-corrected chi connectivity index (χ2v) is 9.71. The number of carbonyl (C=O) groups excluding carboxylic acids is 1. The molecule has 3 heteroatoms. The maximum Gasteiger partial charge on any atom is 0.226 e. The summed E-state index contributed by atoms with van der Waals surface area (Å²) in [4.78, 5) is 13.1. The molecule has 1 aromatic rings. The number of aryl methyl sites for hydroxylation is 1. The van der Waals surface area contributed by atoms with E-state index in [0.29, 0.717) is 18.4 Å². The van der Waals surface area contributed by atoms with Crippen molar-refractivity contribution in [1.82, 2.24) is 5.32 Å². The van der Waals surface area contributed by atoms with Gasteiger partial charge in [-0.05, 0) is 68.3 Å². The fourth-order valence-corrected chi connectivity index (χ4v) is 6.28. The lowest BCUT2D eigenvalue weighted by molar-refractivity contribution is -0.148. The molecule has 4 bridgehead atoms. The Morgan fingerprint density at radius 2 is 1.83 bits per heavy atom. The minimum atomic E-state index is -0.155. The second-order valence-electron chi connectivity index (χ2n) is 8.59. The molecule has 4 aliphatic carbocycles. The van der Waals surface area contributed by atoms with Crippen molar-refractivity contribution in [2.45, 2.75) is 50.9 Å². The third kappa shape index (κ3) is 2.65. The van der Waals surface area contributed by atoms with Gasteiger partial charge in [0.1, 0.15) is 0 Å². The third-order valence-electron chi connectivity index (χ3n) is 6.65. The van der Waals surface area contributed by atoms with Crippen molar-refractivity contribution in [1.29, 1.82) is 0 Å². The lowest BCUT2D eigenvalue weighted by Crippen LogP contribution is -2.59. The topological polar surface area (TPSA) is 29.1 Å². The Bertz CT molecular complexity index is 664. The fraction of sp³-hybridized carbons (Fsp3) is 0.571. The highest BCUT2D eigenvalue weighted by molar-refractivity contribution is 9.11. The van der Waals surface area contributed by atoms with E-state index in [-0.39, 0.29) is 16.7 Å². The molecular weight excluding hydrogens is 362 g/mol. The van der Waals surface area contributed by atoms with Crippen LogP contribution >= 0.6 is 15.9 Å². The van der Waals surface area contributed by atoms with Crippen LogP contribution in [0.4, 0.5) is 0 Å². The van der Waals surface area contributed by atoms with Gasteiger partial charge in [-0.3, -0.25) is 4.79 Å². The summed E-state index contributed by atoms with van der Waals surface area (Å²) in [5.74, 6) is 1.68. The van der Waals surface area contributed by atoms with Crippen molar-refractivity contribution >= 4 is 21.8 Å².